The second kappa shape index (κ2) is 9.48. The van der Waals surface area contributed by atoms with Crippen LogP contribution in [0.5, 0.6) is 0 Å². The Bertz CT molecular complexity index is 1270. The summed E-state index contributed by atoms with van der Waals surface area (Å²) >= 11 is 0. The normalized spacial score (nSPS) is 16.1. The molecule has 1 fully saturated rings. The number of hydrogen-bond donors (Lipinski definition) is 1. The summed E-state index contributed by atoms with van der Waals surface area (Å²) in [5, 5.41) is 5.01. The lowest BCUT2D eigenvalue weighted by Gasteiger charge is -2.22. The summed E-state index contributed by atoms with van der Waals surface area (Å²) in [4.78, 5) is 23.4. The average molecular weight is 446 g/mol. The molecular weight excluding hydrogens is 423 g/mol. The number of carbonyl (C=O) groups excluding carboxylic acids is 1. The second-order valence-corrected chi connectivity index (χ2v) is 7.94. The molecule has 2 aromatic carbocycles. The lowest BCUT2D eigenvalue weighted by Crippen LogP contribution is -2.33. The fourth-order valence-electron chi connectivity index (χ4n) is 3.89. The molecule has 1 N–H and O–H groups in total. The Balaban J connectivity index is 1.51. The molecule has 1 unspecified atom stereocenters. The lowest BCUT2D eigenvalue weighted by molar-refractivity contribution is -0.186. The van der Waals surface area contributed by atoms with Crippen molar-refractivity contribution in [3.05, 3.63) is 83.8 Å². The number of hydrogen-bond acceptors (Lipinski definition) is 5. The zero-order valence-corrected chi connectivity index (χ0v) is 17.9. The van der Waals surface area contributed by atoms with Crippen molar-refractivity contribution in [3.8, 4) is 11.3 Å². The number of rotatable bonds is 6. The van der Waals surface area contributed by atoms with Crippen LogP contribution in [0.2, 0.25) is 0 Å². The van der Waals surface area contributed by atoms with E-state index in [2.05, 4.69) is 10.6 Å². The van der Waals surface area contributed by atoms with Crippen LogP contribution in [0.3, 0.4) is 0 Å². The van der Waals surface area contributed by atoms with E-state index >= 15 is 0 Å². The molecule has 0 saturated carbocycles. The number of carbonyl (C=O) groups is 1. The van der Waals surface area contributed by atoms with E-state index in [4.69, 9.17) is 14.6 Å². The highest BCUT2D eigenvalue weighted by molar-refractivity contribution is 6.06. The van der Waals surface area contributed by atoms with Crippen molar-refractivity contribution >= 4 is 16.9 Å². The summed E-state index contributed by atoms with van der Waals surface area (Å²) in [7, 11) is 0. The van der Waals surface area contributed by atoms with Gasteiger partial charge in [-0.25, -0.2) is 24.4 Å². The van der Waals surface area contributed by atoms with Gasteiger partial charge in [-0.2, -0.15) is 5.10 Å². The van der Waals surface area contributed by atoms with Crippen LogP contribution >= 0.6 is 0 Å². The molecule has 4 aromatic rings. The summed E-state index contributed by atoms with van der Waals surface area (Å²) < 4.78 is 20.9. The van der Waals surface area contributed by atoms with Gasteiger partial charge in [-0.3, -0.25) is 4.79 Å². The third-order valence-corrected chi connectivity index (χ3v) is 5.57. The minimum absolute atomic E-state index is 0.316. The second-order valence-electron chi connectivity index (χ2n) is 7.94. The van der Waals surface area contributed by atoms with Gasteiger partial charge in [0.2, 0.25) is 0 Å². The smallest absolute Gasteiger partial charge is 0.275 e. The Hall–Kier alpha value is -3.62. The van der Waals surface area contributed by atoms with Crippen LogP contribution in [0.1, 0.15) is 35.2 Å². The van der Waals surface area contributed by atoms with Gasteiger partial charge in [-0.1, -0.05) is 42.5 Å². The number of ether oxygens (including phenoxy) is 1. The highest BCUT2D eigenvalue weighted by Gasteiger charge is 2.20. The first kappa shape index (κ1) is 21.2. The van der Waals surface area contributed by atoms with Crippen LogP contribution in [-0.4, -0.2) is 33.6 Å². The number of halogens is 1. The van der Waals surface area contributed by atoms with E-state index in [0.29, 0.717) is 35.4 Å². The van der Waals surface area contributed by atoms with Gasteiger partial charge < -0.3 is 4.74 Å². The first-order valence-corrected chi connectivity index (χ1v) is 10.9. The quantitative estimate of drug-likeness (QED) is 0.442. The minimum atomic E-state index is -0.454. The third-order valence-electron chi connectivity index (χ3n) is 5.57. The number of nitrogens with zero attached hydrogens (tertiary/aromatic N) is 3. The van der Waals surface area contributed by atoms with E-state index in [9.17, 15) is 9.18 Å². The Kier molecular flexibility index (Phi) is 6.10. The van der Waals surface area contributed by atoms with E-state index in [1.165, 1.54) is 12.1 Å². The lowest BCUT2D eigenvalue weighted by atomic mass is 10.1. The summed E-state index contributed by atoms with van der Waals surface area (Å²) in [6, 6.07) is 17.7. The fourth-order valence-corrected chi connectivity index (χ4v) is 3.89. The maximum absolute atomic E-state index is 13.7. The van der Waals surface area contributed by atoms with Gasteiger partial charge in [0.15, 0.2) is 11.9 Å². The van der Waals surface area contributed by atoms with Crippen LogP contribution in [0.15, 0.2) is 66.9 Å². The van der Waals surface area contributed by atoms with Crippen molar-refractivity contribution < 1.29 is 18.8 Å². The fraction of sp³-hybridized carbons (Fsp3) is 0.240. The van der Waals surface area contributed by atoms with Gasteiger partial charge in [-0.15, -0.1) is 0 Å². The molecule has 0 radical (unpaired) electrons. The molecule has 3 heterocycles. The molecule has 0 aliphatic carbocycles. The van der Waals surface area contributed by atoms with Gasteiger partial charge in [0.05, 0.1) is 29.4 Å². The number of pyridine rings is 1. The maximum atomic E-state index is 13.7. The van der Waals surface area contributed by atoms with Crippen LogP contribution in [-0.2, 0) is 16.1 Å². The van der Waals surface area contributed by atoms with Crippen molar-refractivity contribution in [2.75, 3.05) is 6.61 Å². The summed E-state index contributed by atoms with van der Waals surface area (Å²) in [6.45, 7) is 0.936. The first-order chi connectivity index (χ1) is 16.2. The highest BCUT2D eigenvalue weighted by Crippen LogP contribution is 2.25. The number of fused-ring (bicyclic) bond motifs is 1. The third kappa shape index (κ3) is 4.76. The highest BCUT2D eigenvalue weighted by atomic mass is 19.1. The molecular formula is C25H23FN4O3. The molecule has 1 atom stereocenters. The van der Waals surface area contributed by atoms with Crippen molar-refractivity contribution in [1.82, 2.24) is 20.2 Å². The van der Waals surface area contributed by atoms with Crippen LogP contribution in [0.4, 0.5) is 4.39 Å². The molecule has 1 aliphatic heterocycles. The Morgan fingerprint density at radius 1 is 1.15 bits per heavy atom. The summed E-state index contributed by atoms with van der Waals surface area (Å²) in [6.07, 6.45) is 3.86. The van der Waals surface area contributed by atoms with Crippen molar-refractivity contribution in [2.45, 2.75) is 32.1 Å². The zero-order valence-electron chi connectivity index (χ0n) is 17.9. The molecule has 7 nitrogen and oxygen atoms in total. The molecule has 1 amide bonds. The molecule has 1 aliphatic rings. The molecule has 8 heteroatoms. The van der Waals surface area contributed by atoms with Crippen LogP contribution in [0.25, 0.3) is 22.3 Å². The van der Waals surface area contributed by atoms with Gasteiger partial charge in [0, 0.05) is 18.6 Å². The number of amides is 1. The molecule has 5 rings (SSSR count). The van der Waals surface area contributed by atoms with Gasteiger partial charge in [0.1, 0.15) is 5.82 Å². The van der Waals surface area contributed by atoms with Crippen LogP contribution < -0.4 is 5.48 Å². The minimum Gasteiger partial charge on any atom is -0.350 e. The molecule has 168 valence electrons. The number of benzene rings is 2. The SMILES string of the molecule is O=C(NOC1CCCCO1)c1cc(-c2ccccc2)nc2c1cnn2Cc1cccc(F)c1. The first-order valence-electron chi connectivity index (χ1n) is 10.9. The summed E-state index contributed by atoms with van der Waals surface area (Å²) in [5.41, 5.74) is 5.68. The maximum Gasteiger partial charge on any atom is 0.275 e. The van der Waals surface area contributed by atoms with E-state index < -0.39 is 12.2 Å². The molecule has 0 spiro atoms. The molecule has 1 saturated heterocycles. The van der Waals surface area contributed by atoms with E-state index in [1.54, 1.807) is 23.0 Å². The number of aromatic nitrogens is 3. The predicted molar refractivity (Wildman–Crippen MR) is 121 cm³/mol. The molecule has 33 heavy (non-hydrogen) atoms. The number of nitrogens with one attached hydrogen (secondary N) is 1. The van der Waals surface area contributed by atoms with Crippen LogP contribution in [0, 0.1) is 5.82 Å². The molecule has 2 aromatic heterocycles. The average Bonchev–Trinajstić information content (AvgIpc) is 3.25. The monoisotopic (exact) mass is 446 g/mol. The van der Waals surface area contributed by atoms with E-state index in [-0.39, 0.29) is 5.82 Å². The van der Waals surface area contributed by atoms with Gasteiger partial charge >= 0.3 is 0 Å². The topological polar surface area (TPSA) is 78.3 Å². The standard InChI is InChI=1S/C25H23FN4O3/c26-19-10-6-7-17(13-19)16-30-24-21(15-27-30)20(14-22(28-24)18-8-2-1-3-9-18)25(31)29-33-23-11-4-5-12-32-23/h1-3,6-10,13-15,23H,4-5,11-12,16H2,(H,29,31). The van der Waals surface area contributed by atoms with E-state index in [0.717, 1.165) is 30.4 Å². The van der Waals surface area contributed by atoms with E-state index in [1.807, 2.05) is 36.4 Å². The van der Waals surface area contributed by atoms with Crippen molar-refractivity contribution in [1.29, 1.82) is 0 Å². The van der Waals surface area contributed by atoms with Gasteiger partial charge in [0.25, 0.3) is 5.91 Å². The van der Waals surface area contributed by atoms with Gasteiger partial charge in [-0.05, 0) is 36.6 Å². The zero-order chi connectivity index (χ0) is 22.6. The molecule has 0 bridgehead atoms. The van der Waals surface area contributed by atoms with Crippen molar-refractivity contribution in [2.24, 2.45) is 0 Å². The Labute approximate surface area is 190 Å². The predicted octanol–water partition coefficient (Wildman–Crippen LogP) is 4.47. The van der Waals surface area contributed by atoms with Crippen molar-refractivity contribution in [3.63, 3.8) is 0 Å². The number of hydroxylamine groups is 1. The largest absolute Gasteiger partial charge is 0.350 e. The Morgan fingerprint density at radius 2 is 2.03 bits per heavy atom. The Morgan fingerprint density at radius 3 is 2.82 bits per heavy atom. The summed E-state index contributed by atoms with van der Waals surface area (Å²) in [5.74, 6) is -0.719.